The summed E-state index contributed by atoms with van der Waals surface area (Å²) in [5, 5.41) is 0. The minimum absolute atomic E-state index is 0.0272. The molecule has 0 saturated heterocycles. The van der Waals surface area contributed by atoms with Gasteiger partial charge < -0.3 is 14.5 Å². The largest absolute Gasteiger partial charge is 0.496 e. The fraction of sp³-hybridized carbons (Fsp3) is 0.364. The first-order valence-corrected chi connectivity index (χ1v) is 10.1. The number of hydrogen-bond donors (Lipinski definition) is 0. The number of benzene rings is 2. The molecule has 5 nitrogen and oxygen atoms in total. The first kappa shape index (κ1) is 22.0. The standard InChI is InChI=1S/C22H27BrN2O3/c1-5-25(15-17-6-10-18(11-7-17)22(27)24(2)3)21(26)13-9-16-8-12-20(28-4)19(23)14-16/h6-8,10-12,14H,5,9,13,15H2,1-4H3. The minimum Gasteiger partial charge on any atom is -0.496 e. The summed E-state index contributed by atoms with van der Waals surface area (Å²) in [5.74, 6) is 0.866. The van der Waals surface area contributed by atoms with Crippen molar-refractivity contribution in [2.24, 2.45) is 0 Å². The topological polar surface area (TPSA) is 49.9 Å². The molecule has 0 saturated carbocycles. The lowest BCUT2D eigenvalue weighted by Crippen LogP contribution is -2.30. The fourth-order valence-corrected chi connectivity index (χ4v) is 3.47. The molecule has 0 spiro atoms. The van der Waals surface area contributed by atoms with Crippen LogP contribution in [0, 0.1) is 0 Å². The Morgan fingerprint density at radius 1 is 1.04 bits per heavy atom. The molecule has 0 unspecified atom stereocenters. The number of hydrogen-bond acceptors (Lipinski definition) is 3. The van der Waals surface area contributed by atoms with Crippen LogP contribution in [0.2, 0.25) is 0 Å². The Morgan fingerprint density at radius 3 is 2.21 bits per heavy atom. The third-order valence-corrected chi connectivity index (χ3v) is 5.18. The highest BCUT2D eigenvalue weighted by Gasteiger charge is 2.14. The van der Waals surface area contributed by atoms with E-state index in [0.29, 0.717) is 31.5 Å². The Bertz CT molecular complexity index is 819. The third kappa shape index (κ3) is 5.83. The number of halogens is 1. The van der Waals surface area contributed by atoms with Crippen molar-refractivity contribution in [2.45, 2.75) is 26.3 Å². The molecule has 0 aromatic heterocycles. The number of aryl methyl sites for hydroxylation is 1. The first-order chi connectivity index (χ1) is 13.3. The van der Waals surface area contributed by atoms with Crippen LogP contribution in [0.1, 0.15) is 34.8 Å². The summed E-state index contributed by atoms with van der Waals surface area (Å²) < 4.78 is 6.13. The Morgan fingerprint density at radius 2 is 1.68 bits per heavy atom. The summed E-state index contributed by atoms with van der Waals surface area (Å²) in [6, 6.07) is 13.3. The van der Waals surface area contributed by atoms with E-state index in [1.165, 1.54) is 0 Å². The van der Waals surface area contributed by atoms with Crippen molar-refractivity contribution in [2.75, 3.05) is 27.7 Å². The number of ether oxygens (including phenoxy) is 1. The molecule has 0 heterocycles. The molecule has 0 aliphatic heterocycles. The lowest BCUT2D eigenvalue weighted by atomic mass is 10.1. The zero-order valence-corrected chi connectivity index (χ0v) is 18.5. The summed E-state index contributed by atoms with van der Waals surface area (Å²) in [5.41, 5.74) is 2.74. The highest BCUT2D eigenvalue weighted by molar-refractivity contribution is 9.10. The maximum Gasteiger partial charge on any atom is 0.253 e. The maximum atomic E-state index is 12.7. The van der Waals surface area contributed by atoms with Gasteiger partial charge >= 0.3 is 0 Å². The van der Waals surface area contributed by atoms with Gasteiger partial charge in [-0.2, -0.15) is 0 Å². The number of carbonyl (C=O) groups excluding carboxylic acids is 2. The van der Waals surface area contributed by atoms with Gasteiger partial charge in [-0.25, -0.2) is 0 Å². The predicted octanol–water partition coefficient (Wildman–Crippen LogP) is 4.14. The van der Waals surface area contributed by atoms with E-state index >= 15 is 0 Å². The molecular weight excluding hydrogens is 420 g/mol. The van der Waals surface area contributed by atoms with Crippen LogP contribution in [0.3, 0.4) is 0 Å². The average molecular weight is 447 g/mol. The van der Waals surface area contributed by atoms with Crippen molar-refractivity contribution in [3.05, 3.63) is 63.6 Å². The van der Waals surface area contributed by atoms with E-state index in [0.717, 1.165) is 21.3 Å². The number of nitrogens with zero attached hydrogens (tertiary/aromatic N) is 2. The van der Waals surface area contributed by atoms with Crippen molar-refractivity contribution < 1.29 is 14.3 Å². The Labute approximate surface area is 175 Å². The number of amides is 2. The van der Waals surface area contributed by atoms with Crippen LogP contribution in [-0.4, -0.2) is 49.4 Å². The van der Waals surface area contributed by atoms with E-state index in [4.69, 9.17) is 4.74 Å². The number of methoxy groups -OCH3 is 1. The van der Waals surface area contributed by atoms with Gasteiger partial charge in [0.15, 0.2) is 0 Å². The Kier molecular flexibility index (Phi) is 8.05. The normalized spacial score (nSPS) is 10.5. The number of carbonyl (C=O) groups is 2. The van der Waals surface area contributed by atoms with E-state index in [-0.39, 0.29) is 11.8 Å². The molecule has 0 radical (unpaired) electrons. The molecule has 28 heavy (non-hydrogen) atoms. The fourth-order valence-electron chi connectivity index (χ4n) is 2.88. The molecule has 150 valence electrons. The molecule has 2 rings (SSSR count). The van der Waals surface area contributed by atoms with Crippen LogP contribution >= 0.6 is 15.9 Å². The van der Waals surface area contributed by atoms with Gasteiger partial charge in [0.1, 0.15) is 5.75 Å². The second-order valence-electron chi connectivity index (χ2n) is 6.77. The average Bonchev–Trinajstić information content (AvgIpc) is 2.70. The molecule has 0 bridgehead atoms. The summed E-state index contributed by atoms with van der Waals surface area (Å²) in [6.45, 7) is 3.16. The highest BCUT2D eigenvalue weighted by atomic mass is 79.9. The molecule has 2 aromatic rings. The highest BCUT2D eigenvalue weighted by Crippen LogP contribution is 2.26. The predicted molar refractivity (Wildman–Crippen MR) is 115 cm³/mol. The maximum absolute atomic E-state index is 12.7. The first-order valence-electron chi connectivity index (χ1n) is 9.26. The lowest BCUT2D eigenvalue weighted by Gasteiger charge is -2.21. The molecular formula is C22H27BrN2O3. The van der Waals surface area contributed by atoms with Gasteiger partial charge in [0, 0.05) is 39.2 Å². The van der Waals surface area contributed by atoms with Crippen molar-refractivity contribution in [1.82, 2.24) is 9.80 Å². The van der Waals surface area contributed by atoms with Crippen LogP contribution in [-0.2, 0) is 17.8 Å². The minimum atomic E-state index is -0.0272. The van der Waals surface area contributed by atoms with Crippen molar-refractivity contribution in [3.63, 3.8) is 0 Å². The zero-order valence-electron chi connectivity index (χ0n) is 16.9. The monoisotopic (exact) mass is 446 g/mol. The van der Waals surface area contributed by atoms with Gasteiger partial charge in [0.2, 0.25) is 5.91 Å². The number of rotatable bonds is 8. The molecule has 0 fully saturated rings. The van der Waals surface area contributed by atoms with E-state index in [9.17, 15) is 9.59 Å². The molecule has 0 aliphatic carbocycles. The van der Waals surface area contributed by atoms with Crippen LogP contribution in [0.25, 0.3) is 0 Å². The van der Waals surface area contributed by atoms with Crippen molar-refractivity contribution in [3.8, 4) is 5.75 Å². The van der Waals surface area contributed by atoms with Gasteiger partial charge in [-0.1, -0.05) is 18.2 Å². The van der Waals surface area contributed by atoms with Gasteiger partial charge in [-0.15, -0.1) is 0 Å². The molecule has 0 aliphatic rings. The van der Waals surface area contributed by atoms with Crippen LogP contribution < -0.4 is 4.74 Å². The molecule has 0 N–H and O–H groups in total. The van der Waals surface area contributed by atoms with E-state index < -0.39 is 0 Å². The zero-order chi connectivity index (χ0) is 20.7. The third-order valence-electron chi connectivity index (χ3n) is 4.56. The smallest absolute Gasteiger partial charge is 0.253 e. The second-order valence-corrected chi connectivity index (χ2v) is 7.63. The van der Waals surface area contributed by atoms with E-state index in [1.54, 1.807) is 26.1 Å². The SMILES string of the molecule is CCN(Cc1ccc(C(=O)N(C)C)cc1)C(=O)CCc1ccc(OC)c(Br)c1. The van der Waals surface area contributed by atoms with Crippen molar-refractivity contribution >= 4 is 27.7 Å². The molecule has 2 amide bonds. The van der Waals surface area contributed by atoms with Gasteiger partial charge in [-0.3, -0.25) is 9.59 Å². The van der Waals surface area contributed by atoms with Gasteiger partial charge in [0.25, 0.3) is 5.91 Å². The molecule has 2 aromatic carbocycles. The summed E-state index contributed by atoms with van der Waals surface area (Å²) in [6.07, 6.45) is 1.12. The van der Waals surface area contributed by atoms with Crippen molar-refractivity contribution in [1.29, 1.82) is 0 Å². The summed E-state index contributed by atoms with van der Waals surface area (Å²) in [4.78, 5) is 28.0. The lowest BCUT2D eigenvalue weighted by molar-refractivity contribution is -0.131. The summed E-state index contributed by atoms with van der Waals surface area (Å²) >= 11 is 3.48. The van der Waals surface area contributed by atoms with Crippen LogP contribution in [0.15, 0.2) is 46.9 Å². The second kappa shape index (κ2) is 10.3. The van der Waals surface area contributed by atoms with Gasteiger partial charge in [-0.05, 0) is 64.7 Å². The van der Waals surface area contributed by atoms with Crippen LogP contribution in [0.5, 0.6) is 5.75 Å². The van der Waals surface area contributed by atoms with Crippen LogP contribution in [0.4, 0.5) is 0 Å². The Hall–Kier alpha value is -2.34. The Balaban J connectivity index is 1.96. The quantitative estimate of drug-likeness (QED) is 0.611. The molecule has 6 heteroatoms. The van der Waals surface area contributed by atoms with E-state index in [2.05, 4.69) is 15.9 Å². The van der Waals surface area contributed by atoms with E-state index in [1.807, 2.05) is 54.3 Å². The summed E-state index contributed by atoms with van der Waals surface area (Å²) in [7, 11) is 5.09. The molecule has 0 atom stereocenters. The van der Waals surface area contributed by atoms with Gasteiger partial charge in [0.05, 0.1) is 11.6 Å².